The van der Waals surface area contributed by atoms with E-state index in [2.05, 4.69) is 16.2 Å². The summed E-state index contributed by atoms with van der Waals surface area (Å²) in [6.07, 6.45) is 3.65. The number of hydrogen-bond acceptors (Lipinski definition) is 4. The third-order valence-corrected chi connectivity index (χ3v) is 4.02. The average molecular weight is 326 g/mol. The quantitative estimate of drug-likeness (QED) is 0.560. The van der Waals surface area contributed by atoms with E-state index in [0.29, 0.717) is 5.56 Å². The van der Waals surface area contributed by atoms with Crippen LogP contribution in [0.3, 0.4) is 0 Å². The van der Waals surface area contributed by atoms with E-state index < -0.39 is 0 Å². The van der Waals surface area contributed by atoms with Crippen LogP contribution in [0.2, 0.25) is 0 Å². The maximum atomic E-state index is 9.07. The van der Waals surface area contributed by atoms with Crippen molar-refractivity contribution in [2.24, 2.45) is 0 Å². The molecule has 0 unspecified atom stereocenters. The van der Waals surface area contributed by atoms with Crippen molar-refractivity contribution >= 4 is 0 Å². The maximum absolute atomic E-state index is 9.07. The average Bonchev–Trinajstić information content (AvgIpc) is 3.29. The van der Waals surface area contributed by atoms with E-state index in [1.165, 1.54) is 0 Å². The lowest BCUT2D eigenvalue weighted by Gasteiger charge is -2.02. The number of aromatic nitrogens is 3. The van der Waals surface area contributed by atoms with Gasteiger partial charge < -0.3 is 9.09 Å². The molecule has 0 aliphatic heterocycles. The van der Waals surface area contributed by atoms with Crippen molar-refractivity contribution < 1.29 is 4.52 Å². The highest BCUT2D eigenvalue weighted by molar-refractivity contribution is 5.79. The van der Waals surface area contributed by atoms with Gasteiger partial charge >= 0.3 is 0 Å². The minimum absolute atomic E-state index is 0.610. The Morgan fingerprint density at radius 2 is 1.92 bits per heavy atom. The lowest BCUT2D eigenvalue weighted by atomic mass is 10.0. The van der Waals surface area contributed by atoms with Crippen LogP contribution in [0.25, 0.3) is 28.2 Å². The molecule has 0 bridgehead atoms. The molecular formula is C20H14N4O. The number of nitriles is 1. The molecule has 0 saturated carbocycles. The summed E-state index contributed by atoms with van der Waals surface area (Å²) in [4.78, 5) is 4.52. The normalized spacial score (nSPS) is 10.6. The first-order chi connectivity index (χ1) is 12.3. The molecule has 0 atom stereocenters. The van der Waals surface area contributed by atoms with Crippen molar-refractivity contribution in [2.75, 3.05) is 0 Å². The van der Waals surface area contributed by atoms with E-state index in [0.717, 1.165) is 34.0 Å². The number of hydrogen-bond donors (Lipinski definition) is 0. The van der Waals surface area contributed by atoms with Crippen molar-refractivity contribution in [1.29, 1.82) is 5.26 Å². The van der Waals surface area contributed by atoms with E-state index in [1.807, 2.05) is 66.2 Å². The highest BCUT2D eigenvalue weighted by Gasteiger charge is 2.18. The number of benzene rings is 2. The zero-order valence-electron chi connectivity index (χ0n) is 13.5. The van der Waals surface area contributed by atoms with Crippen molar-refractivity contribution in [3.8, 4) is 34.3 Å². The smallest absolute Gasteiger partial charge is 0.143 e. The largest absolute Gasteiger partial charge is 0.360 e. The Kier molecular flexibility index (Phi) is 3.64. The monoisotopic (exact) mass is 326 g/mol. The first kappa shape index (κ1) is 14.9. The molecule has 4 aromatic rings. The Hall–Kier alpha value is -3.65. The highest BCUT2D eigenvalue weighted by atomic mass is 16.5. The van der Waals surface area contributed by atoms with Crippen LogP contribution in [-0.2, 0) is 0 Å². The van der Waals surface area contributed by atoms with E-state index in [1.54, 1.807) is 12.4 Å². The van der Waals surface area contributed by atoms with Crippen LogP contribution < -0.4 is 0 Å². The molecule has 0 fully saturated rings. The molecule has 0 amide bonds. The molecule has 2 aromatic heterocycles. The summed E-state index contributed by atoms with van der Waals surface area (Å²) in [5.74, 6) is 0.717. The molecule has 120 valence electrons. The Morgan fingerprint density at radius 1 is 1.08 bits per heavy atom. The maximum Gasteiger partial charge on any atom is 0.143 e. The van der Waals surface area contributed by atoms with Crippen molar-refractivity contribution in [3.05, 3.63) is 78.4 Å². The summed E-state index contributed by atoms with van der Waals surface area (Å²) in [5, 5.41) is 13.3. The predicted molar refractivity (Wildman–Crippen MR) is 93.9 cm³/mol. The number of aryl methyl sites for hydroxylation is 1. The van der Waals surface area contributed by atoms with Gasteiger partial charge in [0.25, 0.3) is 0 Å². The van der Waals surface area contributed by atoms with Crippen molar-refractivity contribution in [3.63, 3.8) is 0 Å². The molecule has 25 heavy (non-hydrogen) atoms. The van der Waals surface area contributed by atoms with Gasteiger partial charge in [-0.15, -0.1) is 0 Å². The molecule has 5 nitrogen and oxygen atoms in total. The summed E-state index contributed by atoms with van der Waals surface area (Å²) >= 11 is 0. The predicted octanol–water partition coefficient (Wildman–Crippen LogP) is 4.37. The molecule has 5 heteroatoms. The fourth-order valence-electron chi connectivity index (χ4n) is 2.80. The van der Waals surface area contributed by atoms with E-state index >= 15 is 0 Å². The van der Waals surface area contributed by atoms with Gasteiger partial charge in [0.15, 0.2) is 0 Å². The second kappa shape index (κ2) is 6.10. The standard InChI is InChI=1S/C20H14N4O/c1-14-19(20(23-25-14)16-7-3-2-4-8-16)18-12-24(13-22-18)17-9-5-6-15(10-17)11-21/h2-10,12-13H,1H3. The summed E-state index contributed by atoms with van der Waals surface area (Å²) < 4.78 is 7.30. The number of rotatable bonds is 3. The fourth-order valence-corrected chi connectivity index (χ4v) is 2.80. The van der Waals surface area contributed by atoms with E-state index in [-0.39, 0.29) is 0 Å². The van der Waals surface area contributed by atoms with Crippen LogP contribution in [-0.4, -0.2) is 14.7 Å². The molecule has 0 aliphatic carbocycles. The van der Waals surface area contributed by atoms with E-state index in [4.69, 9.17) is 9.78 Å². The zero-order chi connectivity index (χ0) is 17.2. The van der Waals surface area contributed by atoms with Crippen LogP contribution in [0.5, 0.6) is 0 Å². The molecule has 0 saturated heterocycles. The molecule has 2 aromatic carbocycles. The second-order valence-corrected chi connectivity index (χ2v) is 5.66. The lowest BCUT2D eigenvalue weighted by Crippen LogP contribution is -1.90. The third-order valence-electron chi connectivity index (χ3n) is 4.02. The number of nitrogens with zero attached hydrogens (tertiary/aromatic N) is 4. The van der Waals surface area contributed by atoms with Crippen molar-refractivity contribution in [2.45, 2.75) is 6.92 Å². The van der Waals surface area contributed by atoms with Crippen LogP contribution in [0.1, 0.15) is 11.3 Å². The highest BCUT2D eigenvalue weighted by Crippen LogP contribution is 2.33. The SMILES string of the molecule is Cc1onc(-c2ccccc2)c1-c1cn(-c2cccc(C#N)c2)cn1. The van der Waals surface area contributed by atoms with Gasteiger partial charge in [-0.2, -0.15) is 5.26 Å². The fraction of sp³-hybridized carbons (Fsp3) is 0.0500. The molecule has 0 radical (unpaired) electrons. The molecule has 4 rings (SSSR count). The third kappa shape index (κ3) is 2.70. The lowest BCUT2D eigenvalue weighted by molar-refractivity contribution is 0.400. The van der Waals surface area contributed by atoms with Crippen molar-refractivity contribution in [1.82, 2.24) is 14.7 Å². The topological polar surface area (TPSA) is 67.6 Å². The Labute approximate surface area is 144 Å². The van der Waals surface area contributed by atoms with Gasteiger partial charge in [0.2, 0.25) is 0 Å². The van der Waals surface area contributed by atoms with Gasteiger partial charge in [-0.3, -0.25) is 0 Å². The van der Waals surface area contributed by atoms with Crippen LogP contribution in [0, 0.1) is 18.3 Å². The molecule has 2 heterocycles. The number of imidazole rings is 1. The Morgan fingerprint density at radius 3 is 2.72 bits per heavy atom. The van der Waals surface area contributed by atoms with Gasteiger partial charge in [-0.25, -0.2) is 4.98 Å². The van der Waals surface area contributed by atoms with Crippen LogP contribution in [0.15, 0.2) is 71.6 Å². The van der Waals surface area contributed by atoms with Crippen LogP contribution >= 0.6 is 0 Å². The van der Waals surface area contributed by atoms with Gasteiger partial charge in [0, 0.05) is 17.4 Å². The second-order valence-electron chi connectivity index (χ2n) is 5.66. The molecule has 0 spiro atoms. The summed E-state index contributed by atoms with van der Waals surface area (Å²) in [6.45, 7) is 1.88. The molecule has 0 aliphatic rings. The summed E-state index contributed by atoms with van der Waals surface area (Å²) in [5.41, 5.74) is 4.90. The summed E-state index contributed by atoms with van der Waals surface area (Å²) in [6, 6.07) is 19.4. The Bertz CT molecular complexity index is 1070. The van der Waals surface area contributed by atoms with Gasteiger partial charge in [-0.1, -0.05) is 41.6 Å². The first-order valence-corrected chi connectivity index (χ1v) is 7.83. The minimum Gasteiger partial charge on any atom is -0.360 e. The van der Waals surface area contributed by atoms with Gasteiger partial charge in [-0.05, 0) is 25.1 Å². The van der Waals surface area contributed by atoms with Gasteiger partial charge in [0.1, 0.15) is 11.5 Å². The van der Waals surface area contributed by atoms with Crippen LogP contribution in [0.4, 0.5) is 0 Å². The zero-order valence-corrected chi connectivity index (χ0v) is 13.5. The first-order valence-electron chi connectivity index (χ1n) is 7.83. The van der Waals surface area contributed by atoms with E-state index in [9.17, 15) is 0 Å². The van der Waals surface area contributed by atoms with Gasteiger partial charge in [0.05, 0.1) is 29.2 Å². The summed E-state index contributed by atoms with van der Waals surface area (Å²) in [7, 11) is 0. The Balaban J connectivity index is 1.79. The molecule has 0 N–H and O–H groups in total. The molecular weight excluding hydrogens is 312 g/mol. The minimum atomic E-state index is 0.610.